The van der Waals surface area contributed by atoms with Crippen LogP contribution in [0.4, 0.5) is 17.2 Å². The molecule has 2 aromatic heterocycles. The lowest BCUT2D eigenvalue weighted by atomic mass is 10.2. The van der Waals surface area contributed by atoms with Crippen molar-refractivity contribution in [2.24, 2.45) is 0 Å². The van der Waals surface area contributed by atoms with Gasteiger partial charge in [-0.2, -0.15) is 5.26 Å². The Kier molecular flexibility index (Phi) is 2.93. The number of imidazole rings is 1. The summed E-state index contributed by atoms with van der Waals surface area (Å²) in [6, 6.07) is 8.31. The first-order valence-corrected chi connectivity index (χ1v) is 5.92. The molecular formula is C13H8N6O2. The van der Waals surface area contributed by atoms with Crippen LogP contribution in [0, 0.1) is 21.4 Å². The zero-order chi connectivity index (χ0) is 14.8. The number of rotatable bonds is 3. The Morgan fingerprint density at radius 1 is 1.33 bits per heavy atom. The van der Waals surface area contributed by atoms with Crippen LogP contribution in [0.3, 0.4) is 0 Å². The van der Waals surface area contributed by atoms with Gasteiger partial charge in [0.2, 0.25) is 5.82 Å². The van der Waals surface area contributed by atoms with E-state index in [-0.39, 0.29) is 17.1 Å². The maximum Gasteiger partial charge on any atom is 0.313 e. The van der Waals surface area contributed by atoms with Crippen LogP contribution in [0.15, 0.2) is 36.8 Å². The first-order chi connectivity index (χ1) is 10.2. The van der Waals surface area contributed by atoms with Gasteiger partial charge in [0.1, 0.15) is 6.07 Å². The molecule has 21 heavy (non-hydrogen) atoms. The number of anilines is 2. The van der Waals surface area contributed by atoms with E-state index in [4.69, 9.17) is 5.26 Å². The predicted molar refractivity (Wildman–Crippen MR) is 75.0 cm³/mol. The fourth-order valence-corrected chi connectivity index (χ4v) is 1.90. The lowest BCUT2D eigenvalue weighted by Gasteiger charge is -2.06. The second-order valence-electron chi connectivity index (χ2n) is 4.22. The first-order valence-electron chi connectivity index (χ1n) is 5.92. The topological polar surface area (TPSA) is 121 Å². The number of nitrogens with one attached hydrogen (secondary N) is 2. The van der Waals surface area contributed by atoms with E-state index >= 15 is 0 Å². The number of nitriles is 1. The molecule has 8 nitrogen and oxygen atoms in total. The molecule has 0 bridgehead atoms. The normalized spacial score (nSPS) is 10.2. The van der Waals surface area contributed by atoms with Gasteiger partial charge in [-0.1, -0.05) is 0 Å². The smallest absolute Gasteiger partial charge is 0.313 e. The second kappa shape index (κ2) is 4.90. The molecule has 0 saturated carbocycles. The summed E-state index contributed by atoms with van der Waals surface area (Å²) >= 11 is 0. The van der Waals surface area contributed by atoms with Crippen LogP contribution in [0.25, 0.3) is 11.0 Å². The standard InChI is InChI=1S/C13H8N6O2/c14-5-8-3-12(19(20)21)13(15-6-8)18-9-1-2-10-11(4-9)17-7-16-10/h1-4,6-7H,(H,15,18)(H,16,17). The molecule has 0 amide bonds. The van der Waals surface area contributed by atoms with Crippen LogP contribution in [-0.2, 0) is 0 Å². The van der Waals surface area contributed by atoms with E-state index in [0.29, 0.717) is 5.69 Å². The molecule has 0 atom stereocenters. The molecule has 0 spiro atoms. The third kappa shape index (κ3) is 2.35. The molecule has 0 aliphatic carbocycles. The third-order valence-corrected chi connectivity index (χ3v) is 2.88. The summed E-state index contributed by atoms with van der Waals surface area (Å²) in [5, 5.41) is 22.7. The summed E-state index contributed by atoms with van der Waals surface area (Å²) in [6.45, 7) is 0. The zero-order valence-electron chi connectivity index (χ0n) is 10.6. The fourth-order valence-electron chi connectivity index (χ4n) is 1.90. The SMILES string of the molecule is N#Cc1cnc(Nc2ccc3[nH]cnc3c2)c([N+](=O)[O-])c1. The van der Waals surface area contributed by atoms with Gasteiger partial charge in [0.25, 0.3) is 0 Å². The van der Waals surface area contributed by atoms with E-state index in [1.165, 1.54) is 12.3 Å². The van der Waals surface area contributed by atoms with Crippen LogP contribution in [-0.4, -0.2) is 19.9 Å². The number of benzene rings is 1. The van der Waals surface area contributed by atoms with Crippen molar-refractivity contribution in [1.29, 1.82) is 5.26 Å². The summed E-state index contributed by atoms with van der Waals surface area (Å²) in [7, 11) is 0. The third-order valence-electron chi connectivity index (χ3n) is 2.88. The monoisotopic (exact) mass is 280 g/mol. The molecule has 102 valence electrons. The van der Waals surface area contributed by atoms with Crippen molar-refractivity contribution in [2.45, 2.75) is 0 Å². The van der Waals surface area contributed by atoms with Crippen LogP contribution >= 0.6 is 0 Å². The van der Waals surface area contributed by atoms with Gasteiger partial charge >= 0.3 is 5.69 Å². The number of pyridine rings is 1. The van der Waals surface area contributed by atoms with Gasteiger partial charge in [0.05, 0.1) is 27.8 Å². The molecule has 0 saturated heterocycles. The van der Waals surface area contributed by atoms with Crippen molar-refractivity contribution < 1.29 is 4.92 Å². The lowest BCUT2D eigenvalue weighted by Crippen LogP contribution is -2.00. The quantitative estimate of drug-likeness (QED) is 0.561. The highest BCUT2D eigenvalue weighted by atomic mass is 16.6. The van der Waals surface area contributed by atoms with Crippen molar-refractivity contribution in [1.82, 2.24) is 15.0 Å². The van der Waals surface area contributed by atoms with Gasteiger partial charge in [-0.3, -0.25) is 10.1 Å². The zero-order valence-corrected chi connectivity index (χ0v) is 10.6. The highest BCUT2D eigenvalue weighted by Gasteiger charge is 2.16. The average Bonchev–Trinajstić information content (AvgIpc) is 2.95. The Morgan fingerprint density at radius 2 is 2.19 bits per heavy atom. The van der Waals surface area contributed by atoms with E-state index in [1.54, 1.807) is 24.5 Å². The summed E-state index contributed by atoms with van der Waals surface area (Å²) in [6.07, 6.45) is 2.85. The molecule has 8 heteroatoms. The Hall–Kier alpha value is -3.47. The Morgan fingerprint density at radius 3 is 2.95 bits per heavy atom. The maximum atomic E-state index is 11.0. The van der Waals surface area contributed by atoms with E-state index in [0.717, 1.165) is 11.0 Å². The number of nitrogens with zero attached hydrogens (tertiary/aromatic N) is 4. The summed E-state index contributed by atoms with van der Waals surface area (Å²) in [4.78, 5) is 21.5. The minimum atomic E-state index is -0.580. The van der Waals surface area contributed by atoms with E-state index < -0.39 is 4.92 Å². The number of H-pyrrole nitrogens is 1. The van der Waals surface area contributed by atoms with Crippen LogP contribution < -0.4 is 5.32 Å². The molecule has 3 rings (SSSR count). The first kappa shape index (κ1) is 12.6. The molecule has 0 fully saturated rings. The fraction of sp³-hybridized carbons (Fsp3) is 0. The highest BCUT2D eigenvalue weighted by Crippen LogP contribution is 2.27. The summed E-state index contributed by atoms with van der Waals surface area (Å²) in [5.41, 5.74) is 2.10. The minimum absolute atomic E-state index is 0.0777. The van der Waals surface area contributed by atoms with Crippen LogP contribution in [0.2, 0.25) is 0 Å². The predicted octanol–water partition coefficient (Wildman–Crippen LogP) is 2.48. The Labute approximate surface area is 118 Å². The molecule has 0 unspecified atom stereocenters. The van der Waals surface area contributed by atoms with Crippen molar-refractivity contribution in [2.75, 3.05) is 5.32 Å². The van der Waals surface area contributed by atoms with Crippen LogP contribution in [0.5, 0.6) is 0 Å². The molecule has 2 heterocycles. The average molecular weight is 280 g/mol. The second-order valence-corrected chi connectivity index (χ2v) is 4.22. The molecule has 1 aromatic carbocycles. The van der Waals surface area contributed by atoms with Gasteiger partial charge in [0, 0.05) is 18.0 Å². The maximum absolute atomic E-state index is 11.0. The molecule has 0 aliphatic heterocycles. The number of aromatic nitrogens is 3. The van der Waals surface area contributed by atoms with Gasteiger partial charge in [-0.25, -0.2) is 9.97 Å². The molecule has 0 radical (unpaired) electrons. The summed E-state index contributed by atoms with van der Waals surface area (Å²) < 4.78 is 0. The number of aromatic amines is 1. The van der Waals surface area contributed by atoms with E-state index in [9.17, 15) is 10.1 Å². The van der Waals surface area contributed by atoms with E-state index in [2.05, 4.69) is 20.3 Å². The molecule has 0 aliphatic rings. The summed E-state index contributed by atoms with van der Waals surface area (Å²) in [5.74, 6) is 0.0777. The van der Waals surface area contributed by atoms with E-state index in [1.807, 2.05) is 6.07 Å². The molecule has 2 N–H and O–H groups in total. The van der Waals surface area contributed by atoms with Gasteiger partial charge < -0.3 is 10.3 Å². The van der Waals surface area contributed by atoms with Gasteiger partial charge in [0.15, 0.2) is 0 Å². The van der Waals surface area contributed by atoms with Gasteiger partial charge in [-0.15, -0.1) is 0 Å². The molecular weight excluding hydrogens is 272 g/mol. The van der Waals surface area contributed by atoms with Crippen molar-refractivity contribution >= 4 is 28.2 Å². The Balaban J connectivity index is 2.00. The number of nitro groups is 1. The largest absolute Gasteiger partial charge is 0.345 e. The minimum Gasteiger partial charge on any atom is -0.345 e. The van der Waals surface area contributed by atoms with Crippen molar-refractivity contribution in [3.63, 3.8) is 0 Å². The lowest BCUT2D eigenvalue weighted by molar-refractivity contribution is -0.384. The Bertz CT molecular complexity index is 880. The van der Waals surface area contributed by atoms with Crippen molar-refractivity contribution in [3.8, 4) is 6.07 Å². The number of hydrogen-bond acceptors (Lipinski definition) is 6. The highest BCUT2D eigenvalue weighted by molar-refractivity contribution is 5.80. The van der Waals surface area contributed by atoms with Crippen molar-refractivity contribution in [3.05, 3.63) is 52.5 Å². The number of fused-ring (bicyclic) bond motifs is 1. The molecule has 3 aromatic rings. The van der Waals surface area contributed by atoms with Crippen LogP contribution in [0.1, 0.15) is 5.56 Å². The van der Waals surface area contributed by atoms with Gasteiger partial charge in [-0.05, 0) is 18.2 Å². The number of hydrogen-bond donors (Lipinski definition) is 2.